The molecule has 8 heteroatoms. The molecule has 2 rings (SSSR count). The zero-order valence-electron chi connectivity index (χ0n) is 9.83. The van der Waals surface area contributed by atoms with Crippen molar-refractivity contribution in [3.63, 3.8) is 0 Å². The number of nitro benzene ring substituents is 1. The zero-order valence-corrected chi connectivity index (χ0v) is 10.6. The fraction of sp³-hybridized carbons (Fsp3) is 0.0909. The van der Waals surface area contributed by atoms with E-state index >= 15 is 0 Å². The molecule has 2 N–H and O–H groups in total. The van der Waals surface area contributed by atoms with Gasteiger partial charge in [0.2, 0.25) is 5.88 Å². The first-order valence-electron chi connectivity index (χ1n) is 5.17. The summed E-state index contributed by atoms with van der Waals surface area (Å²) in [7, 11) is 0. The van der Waals surface area contributed by atoms with Crippen LogP contribution in [0.2, 0.25) is 5.15 Å². The van der Waals surface area contributed by atoms with E-state index in [-0.39, 0.29) is 28.2 Å². The van der Waals surface area contributed by atoms with Crippen LogP contribution in [0.3, 0.4) is 0 Å². The third kappa shape index (κ3) is 2.89. The quantitative estimate of drug-likeness (QED) is 0.401. The van der Waals surface area contributed by atoms with Gasteiger partial charge in [-0.05, 0) is 18.6 Å². The number of nitrogen functional groups attached to an aromatic ring is 1. The maximum atomic E-state index is 10.9. The molecule has 1 aromatic heterocycles. The lowest BCUT2D eigenvalue weighted by Crippen LogP contribution is -1.99. The molecule has 0 bridgehead atoms. The topological polar surface area (TPSA) is 104 Å². The van der Waals surface area contributed by atoms with Gasteiger partial charge in [-0.2, -0.15) is 0 Å². The highest BCUT2D eigenvalue weighted by atomic mass is 35.5. The minimum atomic E-state index is -0.567. The van der Waals surface area contributed by atoms with Crippen molar-refractivity contribution in [2.24, 2.45) is 0 Å². The van der Waals surface area contributed by atoms with E-state index in [0.717, 1.165) is 0 Å². The van der Waals surface area contributed by atoms with Crippen molar-refractivity contribution >= 4 is 23.0 Å². The van der Waals surface area contributed by atoms with E-state index < -0.39 is 4.92 Å². The Balaban J connectivity index is 2.38. The number of hydrogen-bond acceptors (Lipinski definition) is 6. The number of nitro groups is 1. The number of hydrogen-bond donors (Lipinski definition) is 1. The molecule has 0 aliphatic rings. The molecule has 98 valence electrons. The molecule has 0 aliphatic carbocycles. The summed E-state index contributed by atoms with van der Waals surface area (Å²) in [6.07, 6.45) is 1.23. The van der Waals surface area contributed by atoms with Gasteiger partial charge in [0.1, 0.15) is 22.9 Å². The summed E-state index contributed by atoms with van der Waals surface area (Å²) in [5.41, 5.74) is 6.07. The summed E-state index contributed by atoms with van der Waals surface area (Å²) in [4.78, 5) is 17.8. The second kappa shape index (κ2) is 5.07. The Morgan fingerprint density at radius 3 is 2.74 bits per heavy atom. The number of aromatic nitrogens is 2. The number of nitrogens with zero attached hydrogens (tertiary/aromatic N) is 3. The highest BCUT2D eigenvalue weighted by molar-refractivity contribution is 6.29. The molecule has 0 fully saturated rings. The van der Waals surface area contributed by atoms with Gasteiger partial charge >= 0.3 is 0 Å². The van der Waals surface area contributed by atoms with E-state index in [4.69, 9.17) is 22.1 Å². The SMILES string of the molecule is Cc1cc(Oc2cc(Cl)ncn2)cc([N+](=O)[O-])c1N. The third-order valence-corrected chi connectivity index (χ3v) is 2.57. The molecule has 1 heterocycles. The number of aryl methyl sites for hydroxylation is 1. The van der Waals surface area contributed by atoms with Gasteiger partial charge in [0.25, 0.3) is 5.69 Å². The van der Waals surface area contributed by atoms with E-state index in [9.17, 15) is 10.1 Å². The lowest BCUT2D eigenvalue weighted by molar-refractivity contribution is -0.384. The maximum Gasteiger partial charge on any atom is 0.296 e. The average Bonchev–Trinajstić information content (AvgIpc) is 2.33. The van der Waals surface area contributed by atoms with Crippen LogP contribution in [0.1, 0.15) is 5.56 Å². The molecule has 0 saturated carbocycles. The monoisotopic (exact) mass is 280 g/mol. The molecule has 0 amide bonds. The van der Waals surface area contributed by atoms with Crippen LogP contribution in [-0.4, -0.2) is 14.9 Å². The molecule has 2 aromatic rings. The van der Waals surface area contributed by atoms with Gasteiger partial charge in [-0.25, -0.2) is 9.97 Å². The van der Waals surface area contributed by atoms with Crippen molar-refractivity contribution in [1.29, 1.82) is 0 Å². The highest BCUT2D eigenvalue weighted by Crippen LogP contribution is 2.32. The molecule has 0 saturated heterocycles. The number of benzene rings is 1. The smallest absolute Gasteiger partial charge is 0.296 e. The maximum absolute atomic E-state index is 10.9. The van der Waals surface area contributed by atoms with Crippen molar-refractivity contribution < 1.29 is 9.66 Å². The van der Waals surface area contributed by atoms with Crippen LogP contribution in [0.25, 0.3) is 0 Å². The molecule has 1 aromatic carbocycles. The van der Waals surface area contributed by atoms with Gasteiger partial charge in [0, 0.05) is 6.07 Å². The van der Waals surface area contributed by atoms with E-state index in [2.05, 4.69) is 9.97 Å². The van der Waals surface area contributed by atoms with E-state index in [1.54, 1.807) is 13.0 Å². The fourth-order valence-corrected chi connectivity index (χ4v) is 1.59. The van der Waals surface area contributed by atoms with Gasteiger partial charge in [-0.3, -0.25) is 10.1 Å². The normalized spacial score (nSPS) is 10.2. The largest absolute Gasteiger partial charge is 0.439 e. The number of ether oxygens (including phenoxy) is 1. The first kappa shape index (κ1) is 13.0. The summed E-state index contributed by atoms with van der Waals surface area (Å²) in [5.74, 6) is 0.451. The van der Waals surface area contributed by atoms with Gasteiger partial charge in [0.05, 0.1) is 11.0 Å². The Bertz CT molecular complexity index is 648. The van der Waals surface area contributed by atoms with Crippen molar-refractivity contribution in [2.45, 2.75) is 6.92 Å². The number of anilines is 1. The van der Waals surface area contributed by atoms with Gasteiger partial charge < -0.3 is 10.5 Å². The standard InChI is InChI=1S/C11H9ClN4O3/c1-6-2-7(3-8(11(6)13)16(17)18)19-10-4-9(12)14-5-15-10/h2-5H,13H2,1H3. The molecule has 0 spiro atoms. The lowest BCUT2D eigenvalue weighted by atomic mass is 10.1. The van der Waals surface area contributed by atoms with Gasteiger partial charge in [-0.1, -0.05) is 11.6 Å². The van der Waals surface area contributed by atoms with Crippen LogP contribution < -0.4 is 10.5 Å². The van der Waals surface area contributed by atoms with Crippen LogP contribution >= 0.6 is 11.6 Å². The lowest BCUT2D eigenvalue weighted by Gasteiger charge is -2.07. The Kier molecular flexibility index (Phi) is 3.48. The van der Waals surface area contributed by atoms with Crippen LogP contribution in [0.15, 0.2) is 24.5 Å². The number of halogens is 1. The number of rotatable bonds is 3. The molecule has 0 unspecified atom stereocenters. The predicted molar refractivity (Wildman–Crippen MR) is 69.4 cm³/mol. The first-order chi connectivity index (χ1) is 8.97. The Morgan fingerprint density at radius 2 is 2.11 bits per heavy atom. The van der Waals surface area contributed by atoms with Crippen LogP contribution in [0, 0.1) is 17.0 Å². The summed E-state index contributed by atoms with van der Waals surface area (Å²) in [6, 6.07) is 4.22. The molecular formula is C11H9ClN4O3. The summed E-state index contributed by atoms with van der Waals surface area (Å²) >= 11 is 5.69. The first-order valence-corrected chi connectivity index (χ1v) is 5.55. The van der Waals surface area contributed by atoms with E-state index in [1.807, 2.05) is 0 Å². The van der Waals surface area contributed by atoms with Crippen molar-refractivity contribution in [2.75, 3.05) is 5.73 Å². The second-order valence-electron chi connectivity index (χ2n) is 3.71. The summed E-state index contributed by atoms with van der Waals surface area (Å²) in [6.45, 7) is 1.65. The third-order valence-electron chi connectivity index (χ3n) is 2.37. The summed E-state index contributed by atoms with van der Waals surface area (Å²) < 4.78 is 5.39. The Morgan fingerprint density at radius 1 is 1.37 bits per heavy atom. The Labute approximate surface area is 113 Å². The zero-order chi connectivity index (χ0) is 14.0. The van der Waals surface area contributed by atoms with E-state index in [1.165, 1.54) is 18.5 Å². The van der Waals surface area contributed by atoms with Crippen LogP contribution in [0.5, 0.6) is 11.6 Å². The average molecular weight is 281 g/mol. The van der Waals surface area contributed by atoms with Gasteiger partial charge in [-0.15, -0.1) is 0 Å². The van der Waals surface area contributed by atoms with Crippen molar-refractivity contribution in [3.05, 3.63) is 45.4 Å². The molecule has 0 atom stereocenters. The minimum Gasteiger partial charge on any atom is -0.439 e. The molecule has 0 aliphatic heterocycles. The van der Waals surface area contributed by atoms with Crippen molar-refractivity contribution in [1.82, 2.24) is 9.97 Å². The molecule has 19 heavy (non-hydrogen) atoms. The predicted octanol–water partition coefficient (Wildman–Crippen LogP) is 2.72. The fourth-order valence-electron chi connectivity index (χ4n) is 1.45. The molecule has 0 radical (unpaired) electrons. The summed E-state index contributed by atoms with van der Waals surface area (Å²) in [5, 5.41) is 11.1. The van der Waals surface area contributed by atoms with Crippen molar-refractivity contribution in [3.8, 4) is 11.6 Å². The second-order valence-corrected chi connectivity index (χ2v) is 4.10. The van der Waals surface area contributed by atoms with Crippen LogP contribution in [0.4, 0.5) is 11.4 Å². The van der Waals surface area contributed by atoms with E-state index in [0.29, 0.717) is 5.56 Å². The molecular weight excluding hydrogens is 272 g/mol. The van der Waals surface area contributed by atoms with Gasteiger partial charge in [0.15, 0.2) is 0 Å². The highest BCUT2D eigenvalue weighted by Gasteiger charge is 2.16. The Hall–Kier alpha value is -2.41. The number of nitrogens with two attached hydrogens (primary N) is 1. The minimum absolute atomic E-state index is 0.109. The molecule has 7 nitrogen and oxygen atoms in total. The van der Waals surface area contributed by atoms with Crippen LogP contribution in [-0.2, 0) is 0 Å².